The summed E-state index contributed by atoms with van der Waals surface area (Å²) < 4.78 is 0. The van der Waals surface area contributed by atoms with Gasteiger partial charge in [-0.1, -0.05) is 30.3 Å². The summed E-state index contributed by atoms with van der Waals surface area (Å²) in [6.07, 6.45) is 2.49. The fourth-order valence-electron chi connectivity index (χ4n) is 2.64. The van der Waals surface area contributed by atoms with Crippen LogP contribution in [0.1, 0.15) is 22.4 Å². The van der Waals surface area contributed by atoms with E-state index in [9.17, 15) is 4.79 Å². The Labute approximate surface area is 124 Å². The standard InChI is InChI=1S/C17H19N3O/c1-12-5-4-8-18-16(12)11-20-17(21)15-9-13-6-2-3-7-14(13)10-19-15/h2-8,15,19H,9-11H2,1H3,(H,20,21)/t15-/m0/s1. The highest BCUT2D eigenvalue weighted by atomic mass is 16.2. The Balaban J connectivity index is 1.61. The molecule has 0 spiro atoms. The van der Waals surface area contributed by atoms with Crippen LogP contribution in [0, 0.1) is 6.92 Å². The number of pyridine rings is 1. The smallest absolute Gasteiger partial charge is 0.237 e. The summed E-state index contributed by atoms with van der Waals surface area (Å²) in [4.78, 5) is 16.6. The van der Waals surface area contributed by atoms with Crippen molar-refractivity contribution in [2.24, 2.45) is 0 Å². The van der Waals surface area contributed by atoms with Gasteiger partial charge in [-0.25, -0.2) is 0 Å². The van der Waals surface area contributed by atoms with Gasteiger partial charge >= 0.3 is 0 Å². The number of carbonyl (C=O) groups excluding carboxylic acids is 1. The monoisotopic (exact) mass is 281 g/mol. The molecular weight excluding hydrogens is 262 g/mol. The maximum absolute atomic E-state index is 12.3. The summed E-state index contributed by atoms with van der Waals surface area (Å²) in [5.74, 6) is 0.0366. The van der Waals surface area contributed by atoms with E-state index in [0.717, 1.165) is 24.2 Å². The number of hydrogen-bond donors (Lipinski definition) is 2. The van der Waals surface area contributed by atoms with E-state index in [1.54, 1.807) is 6.20 Å². The van der Waals surface area contributed by atoms with E-state index in [1.807, 2.05) is 31.2 Å². The Morgan fingerprint density at radius 3 is 2.90 bits per heavy atom. The Hall–Kier alpha value is -2.20. The second-order valence-electron chi connectivity index (χ2n) is 5.39. The number of aromatic nitrogens is 1. The van der Waals surface area contributed by atoms with Crippen molar-refractivity contribution in [3.63, 3.8) is 0 Å². The van der Waals surface area contributed by atoms with Crippen LogP contribution >= 0.6 is 0 Å². The Kier molecular flexibility index (Phi) is 3.97. The zero-order valence-electron chi connectivity index (χ0n) is 12.1. The first-order chi connectivity index (χ1) is 10.2. The highest BCUT2D eigenvalue weighted by Gasteiger charge is 2.23. The largest absolute Gasteiger partial charge is 0.349 e. The van der Waals surface area contributed by atoms with Gasteiger partial charge in [-0.2, -0.15) is 0 Å². The Morgan fingerprint density at radius 1 is 1.29 bits per heavy atom. The van der Waals surface area contributed by atoms with Gasteiger partial charge in [0.1, 0.15) is 0 Å². The van der Waals surface area contributed by atoms with Crippen LogP contribution in [-0.4, -0.2) is 16.9 Å². The molecule has 108 valence electrons. The maximum Gasteiger partial charge on any atom is 0.237 e. The van der Waals surface area contributed by atoms with Crippen LogP contribution in [0.15, 0.2) is 42.6 Å². The van der Waals surface area contributed by atoms with Gasteiger partial charge in [0.25, 0.3) is 0 Å². The molecule has 4 nitrogen and oxygen atoms in total. The van der Waals surface area contributed by atoms with Crippen molar-refractivity contribution in [1.29, 1.82) is 0 Å². The molecule has 3 rings (SSSR count). The molecule has 4 heteroatoms. The van der Waals surface area contributed by atoms with E-state index >= 15 is 0 Å². The summed E-state index contributed by atoms with van der Waals surface area (Å²) in [6.45, 7) is 3.23. The highest BCUT2D eigenvalue weighted by molar-refractivity contribution is 5.82. The molecule has 0 aliphatic carbocycles. The molecule has 0 unspecified atom stereocenters. The zero-order valence-corrected chi connectivity index (χ0v) is 12.1. The number of benzene rings is 1. The lowest BCUT2D eigenvalue weighted by Gasteiger charge is -2.25. The molecule has 2 heterocycles. The third-order valence-electron chi connectivity index (χ3n) is 3.95. The van der Waals surface area contributed by atoms with E-state index in [4.69, 9.17) is 0 Å². The van der Waals surface area contributed by atoms with Gasteiger partial charge < -0.3 is 10.6 Å². The van der Waals surface area contributed by atoms with E-state index in [2.05, 4.69) is 27.8 Å². The number of carbonyl (C=O) groups is 1. The molecule has 21 heavy (non-hydrogen) atoms. The summed E-state index contributed by atoms with van der Waals surface area (Å²) in [6, 6.07) is 12.0. The molecule has 0 bridgehead atoms. The fraction of sp³-hybridized carbons (Fsp3) is 0.294. The minimum Gasteiger partial charge on any atom is -0.349 e. The van der Waals surface area contributed by atoms with Crippen molar-refractivity contribution in [2.75, 3.05) is 0 Å². The van der Waals surface area contributed by atoms with Gasteiger partial charge in [-0.05, 0) is 36.1 Å². The second kappa shape index (κ2) is 6.06. The van der Waals surface area contributed by atoms with E-state index in [-0.39, 0.29) is 11.9 Å². The summed E-state index contributed by atoms with van der Waals surface area (Å²) in [7, 11) is 0. The third-order valence-corrected chi connectivity index (χ3v) is 3.95. The third kappa shape index (κ3) is 3.11. The van der Waals surface area contributed by atoms with Crippen LogP contribution in [0.3, 0.4) is 0 Å². The average molecular weight is 281 g/mol. The Morgan fingerprint density at radius 2 is 2.10 bits per heavy atom. The van der Waals surface area contributed by atoms with Crippen LogP contribution in [0.4, 0.5) is 0 Å². The predicted molar refractivity (Wildman–Crippen MR) is 81.6 cm³/mol. The molecule has 0 radical (unpaired) electrons. The lowest BCUT2D eigenvalue weighted by Crippen LogP contribution is -2.47. The molecule has 1 aliphatic heterocycles. The lowest BCUT2D eigenvalue weighted by molar-refractivity contribution is -0.123. The van der Waals surface area contributed by atoms with E-state index < -0.39 is 0 Å². The van der Waals surface area contributed by atoms with Crippen LogP contribution < -0.4 is 10.6 Å². The first kappa shape index (κ1) is 13.8. The molecule has 0 fully saturated rings. The van der Waals surface area contributed by atoms with E-state index in [1.165, 1.54) is 11.1 Å². The van der Waals surface area contributed by atoms with Gasteiger partial charge in [0.15, 0.2) is 0 Å². The van der Waals surface area contributed by atoms with E-state index in [0.29, 0.717) is 6.54 Å². The highest BCUT2D eigenvalue weighted by Crippen LogP contribution is 2.16. The van der Waals surface area contributed by atoms with Gasteiger partial charge in [-0.15, -0.1) is 0 Å². The van der Waals surface area contributed by atoms with Gasteiger partial charge in [0, 0.05) is 12.7 Å². The minimum atomic E-state index is -0.163. The van der Waals surface area contributed by atoms with Crippen LogP contribution in [0.2, 0.25) is 0 Å². The quantitative estimate of drug-likeness (QED) is 0.900. The van der Waals surface area contributed by atoms with Crippen LogP contribution in [0.25, 0.3) is 0 Å². The summed E-state index contributed by atoms with van der Waals surface area (Å²) in [5.41, 5.74) is 4.55. The van der Waals surface area contributed by atoms with Crippen molar-refractivity contribution < 1.29 is 4.79 Å². The zero-order chi connectivity index (χ0) is 14.7. The number of aryl methyl sites for hydroxylation is 1. The molecule has 2 aromatic rings. The molecule has 1 atom stereocenters. The number of nitrogens with zero attached hydrogens (tertiary/aromatic N) is 1. The van der Waals surface area contributed by atoms with Gasteiger partial charge in [0.2, 0.25) is 5.91 Å². The van der Waals surface area contributed by atoms with Crippen molar-refractivity contribution >= 4 is 5.91 Å². The minimum absolute atomic E-state index is 0.0366. The molecule has 0 saturated heterocycles. The maximum atomic E-state index is 12.3. The van der Waals surface area contributed by atoms with Gasteiger partial charge in [0.05, 0.1) is 18.3 Å². The van der Waals surface area contributed by atoms with Crippen molar-refractivity contribution in [3.8, 4) is 0 Å². The summed E-state index contributed by atoms with van der Waals surface area (Å²) in [5, 5.41) is 6.27. The molecular formula is C17H19N3O. The van der Waals surface area contributed by atoms with Crippen molar-refractivity contribution in [2.45, 2.75) is 32.5 Å². The normalized spacial score (nSPS) is 17.1. The number of fused-ring (bicyclic) bond motifs is 1. The molecule has 0 saturated carbocycles. The Bertz CT molecular complexity index is 654. The number of amides is 1. The molecule has 1 amide bonds. The SMILES string of the molecule is Cc1cccnc1CNC(=O)[C@@H]1Cc2ccccc2CN1. The number of hydrogen-bond acceptors (Lipinski definition) is 3. The van der Waals surface area contributed by atoms with Crippen LogP contribution in [0.5, 0.6) is 0 Å². The predicted octanol–water partition coefficient (Wildman–Crippen LogP) is 1.72. The topological polar surface area (TPSA) is 54.0 Å². The molecule has 2 N–H and O–H groups in total. The molecule has 1 aliphatic rings. The number of rotatable bonds is 3. The first-order valence-electron chi connectivity index (χ1n) is 7.22. The summed E-state index contributed by atoms with van der Waals surface area (Å²) >= 11 is 0. The van der Waals surface area contributed by atoms with Gasteiger partial charge in [-0.3, -0.25) is 9.78 Å². The first-order valence-corrected chi connectivity index (χ1v) is 7.22. The average Bonchev–Trinajstić information content (AvgIpc) is 2.53. The van der Waals surface area contributed by atoms with Crippen molar-refractivity contribution in [1.82, 2.24) is 15.6 Å². The second-order valence-corrected chi connectivity index (χ2v) is 5.39. The molecule has 1 aromatic heterocycles. The number of nitrogens with one attached hydrogen (secondary N) is 2. The lowest BCUT2D eigenvalue weighted by atomic mass is 9.95. The fourth-order valence-corrected chi connectivity index (χ4v) is 2.64. The molecule has 1 aromatic carbocycles. The van der Waals surface area contributed by atoms with Crippen LogP contribution in [-0.2, 0) is 24.3 Å². The van der Waals surface area contributed by atoms with Crippen molar-refractivity contribution in [3.05, 3.63) is 65.0 Å².